The van der Waals surface area contributed by atoms with E-state index in [0.717, 1.165) is 10.4 Å². The number of likely N-dealkylation sites (tertiary alicyclic amines) is 1. The van der Waals surface area contributed by atoms with Crippen LogP contribution in [-0.2, 0) is 12.5 Å². The molecule has 7 nitrogen and oxygen atoms in total. The summed E-state index contributed by atoms with van der Waals surface area (Å²) in [5.41, 5.74) is 1.79. The third kappa shape index (κ3) is 4.46. The molecule has 0 saturated carbocycles. The van der Waals surface area contributed by atoms with Crippen LogP contribution in [0.15, 0.2) is 12.1 Å². The Morgan fingerprint density at radius 3 is 2.47 bits per heavy atom. The van der Waals surface area contributed by atoms with Gasteiger partial charge in [0.2, 0.25) is 0 Å². The van der Waals surface area contributed by atoms with Crippen LogP contribution in [0.25, 0.3) is 0 Å². The van der Waals surface area contributed by atoms with E-state index in [1.165, 1.54) is 0 Å². The number of fused-ring (bicyclic) bond motifs is 1. The molecule has 3 atom stereocenters. The summed E-state index contributed by atoms with van der Waals surface area (Å²) in [7, 11) is 1.75. The highest BCUT2D eigenvalue weighted by Crippen LogP contribution is 2.41. The second-order valence-electron chi connectivity index (χ2n) is 9.76. The van der Waals surface area contributed by atoms with Crippen molar-refractivity contribution in [2.24, 2.45) is 7.05 Å². The molecule has 0 radical (unpaired) electrons. The molecule has 2 aromatic heterocycles. The Kier molecular flexibility index (Phi) is 6.32. The summed E-state index contributed by atoms with van der Waals surface area (Å²) in [4.78, 5) is 14.8. The molecule has 0 aliphatic carbocycles. The molecule has 0 spiro atoms. The number of nitrogens with zero attached hydrogens (tertiary/aromatic N) is 5. The first kappa shape index (κ1) is 24.4. The molecule has 0 bridgehead atoms. The first-order chi connectivity index (χ1) is 14.3. The fraction of sp³-hybridized carbons (Fsp3) is 0.667. The van der Waals surface area contributed by atoms with Crippen LogP contribution in [0.3, 0.4) is 0 Å². The molecule has 2 aliphatic rings. The lowest BCUT2D eigenvalue weighted by Gasteiger charge is -2.31. The van der Waals surface area contributed by atoms with Crippen LogP contribution in [0.1, 0.15) is 74.4 Å². The van der Waals surface area contributed by atoms with E-state index in [0.29, 0.717) is 36.7 Å². The van der Waals surface area contributed by atoms with Crippen molar-refractivity contribution in [1.82, 2.24) is 24.5 Å². The van der Waals surface area contributed by atoms with Gasteiger partial charge in [0.05, 0.1) is 11.4 Å². The number of halogens is 4. The number of aryl methyl sites for hydroxylation is 1. The lowest BCUT2D eigenvalue weighted by Crippen LogP contribution is -2.37. The van der Waals surface area contributed by atoms with Crippen molar-refractivity contribution in [1.29, 1.82) is 0 Å². The number of alkyl halides is 3. The molecule has 1 amide bonds. The predicted molar refractivity (Wildman–Crippen MR) is 117 cm³/mol. The molecule has 4 heterocycles. The van der Waals surface area contributed by atoms with Crippen molar-refractivity contribution < 1.29 is 18.0 Å². The number of carbonyl (C=O) groups excluding carboxylic acids is 1. The summed E-state index contributed by atoms with van der Waals surface area (Å²) < 4.78 is 43.2. The maximum absolute atomic E-state index is 13.5. The summed E-state index contributed by atoms with van der Waals surface area (Å²) in [6, 6.07) is 1.61. The van der Waals surface area contributed by atoms with Crippen LogP contribution in [0.4, 0.5) is 19.0 Å². The normalized spacial score (nSPS) is 23.5. The van der Waals surface area contributed by atoms with E-state index in [2.05, 4.69) is 15.5 Å². The fourth-order valence-electron chi connectivity index (χ4n) is 4.36. The smallest absolute Gasteiger partial charge is 0.368 e. The van der Waals surface area contributed by atoms with Crippen molar-refractivity contribution >= 4 is 24.1 Å². The summed E-state index contributed by atoms with van der Waals surface area (Å²) in [6.45, 7) is 8.83. The summed E-state index contributed by atoms with van der Waals surface area (Å²) in [6.07, 6.45) is -3.74. The van der Waals surface area contributed by atoms with Gasteiger partial charge in [-0.25, -0.2) is 4.68 Å². The zero-order valence-corrected chi connectivity index (χ0v) is 19.7. The lowest BCUT2D eigenvalue weighted by molar-refractivity contribution is -0.173. The lowest BCUT2D eigenvalue weighted by atomic mass is 9.92. The van der Waals surface area contributed by atoms with Gasteiger partial charge in [-0.2, -0.15) is 23.4 Å². The standard InChI is InChI=1S/C21H29F3N6O.ClH/c1-12-8-17(21(22,23)24)30-18(25-12)9-14(26-30)13-6-7-29(11-13)19(31)15-10-16(20(2,3)4)27-28(15)5;/h9-10,12-13,17,25H,6-8,11H2,1-5H3;1H/t12-,13?,17-;/m1./s1. The molecule has 1 N–H and O–H groups in total. The largest absolute Gasteiger partial charge is 0.410 e. The molecule has 32 heavy (non-hydrogen) atoms. The fourth-order valence-corrected chi connectivity index (χ4v) is 4.36. The monoisotopic (exact) mass is 474 g/mol. The van der Waals surface area contributed by atoms with E-state index < -0.39 is 12.2 Å². The highest BCUT2D eigenvalue weighted by molar-refractivity contribution is 5.93. The number of rotatable bonds is 2. The molecule has 1 saturated heterocycles. The van der Waals surface area contributed by atoms with Crippen LogP contribution < -0.4 is 5.32 Å². The number of nitrogens with one attached hydrogen (secondary N) is 1. The van der Waals surface area contributed by atoms with Crippen molar-refractivity contribution in [2.45, 2.75) is 70.1 Å². The Hall–Kier alpha value is -2.23. The van der Waals surface area contributed by atoms with Crippen LogP contribution in [0.2, 0.25) is 0 Å². The summed E-state index contributed by atoms with van der Waals surface area (Å²) in [5, 5.41) is 11.9. The number of aromatic nitrogens is 4. The van der Waals surface area contributed by atoms with E-state index >= 15 is 0 Å². The third-order valence-corrected chi connectivity index (χ3v) is 6.16. The van der Waals surface area contributed by atoms with Crippen LogP contribution in [-0.4, -0.2) is 55.7 Å². The van der Waals surface area contributed by atoms with Gasteiger partial charge in [0.1, 0.15) is 11.5 Å². The molecule has 1 fully saturated rings. The van der Waals surface area contributed by atoms with Crippen molar-refractivity contribution in [2.75, 3.05) is 18.4 Å². The van der Waals surface area contributed by atoms with E-state index in [-0.39, 0.29) is 42.1 Å². The molecule has 178 valence electrons. The van der Waals surface area contributed by atoms with Gasteiger partial charge in [-0.05, 0) is 25.8 Å². The van der Waals surface area contributed by atoms with Gasteiger partial charge in [0.15, 0.2) is 6.04 Å². The Balaban J connectivity index is 0.00000289. The molecule has 2 aromatic rings. The minimum atomic E-state index is -4.35. The summed E-state index contributed by atoms with van der Waals surface area (Å²) >= 11 is 0. The quantitative estimate of drug-likeness (QED) is 0.705. The Morgan fingerprint density at radius 2 is 1.88 bits per heavy atom. The minimum Gasteiger partial charge on any atom is -0.368 e. The molecular weight excluding hydrogens is 445 g/mol. The zero-order valence-electron chi connectivity index (χ0n) is 18.9. The van der Waals surface area contributed by atoms with E-state index in [4.69, 9.17) is 0 Å². The van der Waals surface area contributed by atoms with Crippen LogP contribution in [0, 0.1) is 0 Å². The molecule has 0 aromatic carbocycles. The Labute approximate surface area is 191 Å². The zero-order chi connectivity index (χ0) is 22.7. The molecule has 4 rings (SSSR count). The number of anilines is 1. The maximum atomic E-state index is 13.5. The molecular formula is C21H30ClF3N6O. The topological polar surface area (TPSA) is 68.0 Å². The first-order valence-electron chi connectivity index (χ1n) is 10.6. The highest BCUT2D eigenvalue weighted by atomic mass is 35.5. The number of carbonyl (C=O) groups is 1. The van der Waals surface area contributed by atoms with Gasteiger partial charge in [-0.3, -0.25) is 9.48 Å². The summed E-state index contributed by atoms with van der Waals surface area (Å²) in [5.74, 6) is 0.183. The van der Waals surface area contributed by atoms with E-state index in [9.17, 15) is 18.0 Å². The number of amides is 1. The predicted octanol–water partition coefficient (Wildman–Crippen LogP) is 4.27. The van der Waals surface area contributed by atoms with Crippen molar-refractivity contribution in [3.8, 4) is 0 Å². The van der Waals surface area contributed by atoms with Gasteiger partial charge in [-0.1, -0.05) is 20.8 Å². The average molecular weight is 475 g/mol. The van der Waals surface area contributed by atoms with Gasteiger partial charge in [0, 0.05) is 43.6 Å². The maximum Gasteiger partial charge on any atom is 0.410 e. The average Bonchev–Trinajstić information content (AvgIpc) is 3.36. The van der Waals surface area contributed by atoms with Crippen LogP contribution in [0.5, 0.6) is 0 Å². The second kappa shape index (κ2) is 8.28. The Morgan fingerprint density at radius 1 is 1.19 bits per heavy atom. The SMILES string of the molecule is C[C@@H]1C[C@H](C(F)(F)F)n2nc(C3CCN(C(=O)c4cc(C(C)(C)C)nn4C)C3)cc2N1.Cl. The molecule has 2 aliphatic heterocycles. The van der Waals surface area contributed by atoms with Crippen molar-refractivity contribution in [3.63, 3.8) is 0 Å². The second-order valence-corrected chi connectivity index (χ2v) is 9.76. The van der Waals surface area contributed by atoms with E-state index in [1.54, 1.807) is 29.6 Å². The molecule has 11 heteroatoms. The molecule has 1 unspecified atom stereocenters. The first-order valence-corrected chi connectivity index (χ1v) is 10.6. The van der Waals surface area contributed by atoms with Gasteiger partial charge < -0.3 is 10.2 Å². The van der Waals surface area contributed by atoms with Gasteiger partial charge in [-0.15, -0.1) is 12.4 Å². The van der Waals surface area contributed by atoms with Crippen LogP contribution >= 0.6 is 12.4 Å². The number of hydrogen-bond donors (Lipinski definition) is 1. The van der Waals surface area contributed by atoms with Gasteiger partial charge >= 0.3 is 6.18 Å². The van der Waals surface area contributed by atoms with Gasteiger partial charge in [0.25, 0.3) is 5.91 Å². The minimum absolute atomic E-state index is 0. The van der Waals surface area contributed by atoms with E-state index in [1.807, 2.05) is 26.8 Å². The Bertz CT molecular complexity index is 993. The highest BCUT2D eigenvalue weighted by Gasteiger charge is 2.46. The third-order valence-electron chi connectivity index (χ3n) is 6.16. The van der Waals surface area contributed by atoms with Crippen molar-refractivity contribution in [3.05, 3.63) is 29.2 Å². The number of hydrogen-bond acceptors (Lipinski definition) is 4.